The molecule has 0 heterocycles. The minimum Gasteiger partial charge on any atom is -0.492 e. The molecule has 0 atom stereocenters. The quantitative estimate of drug-likeness (QED) is 0.354. The van der Waals surface area contributed by atoms with Crippen LogP contribution in [0, 0.1) is 11.3 Å². The molecular formula is C21H31NO4. The monoisotopic (exact) mass is 361 g/mol. The number of benzene rings is 1. The standard InChI is InChI=1S/C21H31NO4/c1-4-6-8-10-12-25-19-14-17(21(23)24-3)15-20(18(19)16-22)26-13-11-9-7-5-2/h14-15H,4-13H2,1-3H3. The molecule has 0 amide bonds. The highest BCUT2D eigenvalue weighted by molar-refractivity contribution is 5.91. The van der Waals surface area contributed by atoms with E-state index in [1.807, 2.05) is 0 Å². The Kier molecular flexibility index (Phi) is 10.9. The van der Waals surface area contributed by atoms with Gasteiger partial charge in [-0.25, -0.2) is 4.79 Å². The molecule has 26 heavy (non-hydrogen) atoms. The van der Waals surface area contributed by atoms with Crippen LogP contribution in [0.1, 0.15) is 81.1 Å². The molecule has 0 unspecified atom stereocenters. The first-order valence-electron chi connectivity index (χ1n) is 9.59. The van der Waals surface area contributed by atoms with Crippen LogP contribution in [0.25, 0.3) is 0 Å². The number of carbonyl (C=O) groups is 1. The van der Waals surface area contributed by atoms with Crippen molar-refractivity contribution in [3.63, 3.8) is 0 Å². The van der Waals surface area contributed by atoms with Crippen LogP contribution in [-0.4, -0.2) is 26.3 Å². The molecule has 5 nitrogen and oxygen atoms in total. The molecule has 0 bridgehead atoms. The van der Waals surface area contributed by atoms with E-state index in [2.05, 4.69) is 19.9 Å². The summed E-state index contributed by atoms with van der Waals surface area (Å²) in [4.78, 5) is 11.9. The summed E-state index contributed by atoms with van der Waals surface area (Å²) in [5.74, 6) is 0.298. The third-order valence-corrected chi connectivity index (χ3v) is 4.11. The van der Waals surface area contributed by atoms with Crippen LogP contribution in [0.2, 0.25) is 0 Å². The van der Waals surface area contributed by atoms with E-state index in [0.717, 1.165) is 51.4 Å². The number of ether oxygens (including phenoxy) is 3. The fourth-order valence-corrected chi connectivity index (χ4v) is 2.59. The van der Waals surface area contributed by atoms with E-state index in [9.17, 15) is 10.1 Å². The predicted octanol–water partition coefficient (Wildman–Crippen LogP) is 5.26. The van der Waals surface area contributed by atoms with Gasteiger partial charge in [-0.3, -0.25) is 0 Å². The lowest BCUT2D eigenvalue weighted by Gasteiger charge is -2.14. The first-order chi connectivity index (χ1) is 12.7. The summed E-state index contributed by atoms with van der Waals surface area (Å²) in [7, 11) is 1.33. The Balaban J connectivity index is 2.89. The molecule has 0 saturated carbocycles. The molecule has 0 radical (unpaired) electrons. The molecule has 144 valence electrons. The third kappa shape index (κ3) is 7.35. The zero-order chi connectivity index (χ0) is 19.2. The summed E-state index contributed by atoms with van der Waals surface area (Å²) in [6.45, 7) is 5.32. The Morgan fingerprint density at radius 1 is 0.923 bits per heavy atom. The summed E-state index contributed by atoms with van der Waals surface area (Å²) >= 11 is 0. The van der Waals surface area contributed by atoms with Gasteiger partial charge < -0.3 is 14.2 Å². The predicted molar refractivity (Wildman–Crippen MR) is 102 cm³/mol. The fourth-order valence-electron chi connectivity index (χ4n) is 2.59. The second-order valence-electron chi connectivity index (χ2n) is 6.27. The molecule has 1 aromatic carbocycles. The summed E-state index contributed by atoms with van der Waals surface area (Å²) in [5, 5.41) is 9.54. The zero-order valence-electron chi connectivity index (χ0n) is 16.3. The summed E-state index contributed by atoms with van der Waals surface area (Å²) in [6, 6.07) is 5.28. The minimum absolute atomic E-state index is 0.332. The molecule has 5 heteroatoms. The highest BCUT2D eigenvalue weighted by Gasteiger charge is 2.17. The maximum absolute atomic E-state index is 11.9. The normalized spacial score (nSPS) is 10.2. The van der Waals surface area contributed by atoms with E-state index in [-0.39, 0.29) is 0 Å². The lowest BCUT2D eigenvalue weighted by atomic mass is 10.1. The van der Waals surface area contributed by atoms with Gasteiger partial charge in [0.25, 0.3) is 0 Å². The molecule has 0 aromatic heterocycles. The van der Waals surface area contributed by atoms with Gasteiger partial charge in [0.1, 0.15) is 23.1 Å². The van der Waals surface area contributed by atoms with E-state index in [4.69, 9.17) is 14.2 Å². The van der Waals surface area contributed by atoms with Crippen LogP contribution in [-0.2, 0) is 4.74 Å². The molecule has 0 saturated heterocycles. The number of hydrogen-bond acceptors (Lipinski definition) is 5. The topological polar surface area (TPSA) is 68.6 Å². The number of methoxy groups -OCH3 is 1. The van der Waals surface area contributed by atoms with Crippen molar-refractivity contribution in [2.24, 2.45) is 0 Å². The molecule has 1 aromatic rings. The number of nitrogens with zero attached hydrogens (tertiary/aromatic N) is 1. The smallest absolute Gasteiger partial charge is 0.338 e. The van der Waals surface area contributed by atoms with Crippen LogP contribution in [0.3, 0.4) is 0 Å². The van der Waals surface area contributed by atoms with Gasteiger partial charge in [0.15, 0.2) is 0 Å². The summed E-state index contributed by atoms with van der Waals surface area (Å²) < 4.78 is 16.4. The average molecular weight is 361 g/mol. The van der Waals surface area contributed by atoms with Crippen molar-refractivity contribution < 1.29 is 19.0 Å². The van der Waals surface area contributed by atoms with Gasteiger partial charge >= 0.3 is 5.97 Å². The molecule has 0 aliphatic rings. The van der Waals surface area contributed by atoms with Gasteiger partial charge in [-0.2, -0.15) is 5.26 Å². The Labute approximate surface area is 157 Å². The van der Waals surface area contributed by atoms with E-state index >= 15 is 0 Å². The van der Waals surface area contributed by atoms with Gasteiger partial charge in [0, 0.05) is 0 Å². The van der Waals surface area contributed by atoms with Crippen LogP contribution < -0.4 is 9.47 Å². The van der Waals surface area contributed by atoms with Crippen molar-refractivity contribution in [3.05, 3.63) is 23.3 Å². The Hall–Kier alpha value is -2.22. The second kappa shape index (κ2) is 13.0. The number of esters is 1. The SMILES string of the molecule is CCCCCCOc1cc(C(=O)OC)cc(OCCCCCC)c1C#N. The van der Waals surface area contributed by atoms with Gasteiger partial charge in [0.2, 0.25) is 0 Å². The highest BCUT2D eigenvalue weighted by atomic mass is 16.5. The second-order valence-corrected chi connectivity index (χ2v) is 6.27. The van der Waals surface area contributed by atoms with Crippen molar-refractivity contribution in [1.29, 1.82) is 5.26 Å². The summed E-state index contributed by atoms with van der Waals surface area (Å²) in [5.41, 5.74) is 0.669. The molecular weight excluding hydrogens is 330 g/mol. The van der Waals surface area contributed by atoms with Crippen LogP contribution >= 0.6 is 0 Å². The number of hydrogen-bond donors (Lipinski definition) is 0. The summed E-state index contributed by atoms with van der Waals surface area (Å²) in [6.07, 6.45) is 8.59. The molecule has 0 spiro atoms. The van der Waals surface area contributed by atoms with Crippen LogP contribution in [0.5, 0.6) is 11.5 Å². The van der Waals surface area contributed by atoms with Crippen LogP contribution in [0.15, 0.2) is 12.1 Å². The molecule has 0 aliphatic carbocycles. The van der Waals surface area contributed by atoms with Crippen molar-refractivity contribution >= 4 is 5.97 Å². The molecule has 1 rings (SSSR count). The third-order valence-electron chi connectivity index (χ3n) is 4.11. The van der Waals surface area contributed by atoms with Gasteiger partial charge in [-0.05, 0) is 25.0 Å². The first-order valence-corrected chi connectivity index (χ1v) is 9.59. The van der Waals surface area contributed by atoms with Crippen molar-refractivity contribution in [1.82, 2.24) is 0 Å². The first kappa shape index (κ1) is 21.8. The lowest BCUT2D eigenvalue weighted by Crippen LogP contribution is -2.07. The van der Waals surface area contributed by atoms with E-state index in [1.54, 1.807) is 12.1 Å². The van der Waals surface area contributed by atoms with Gasteiger partial charge in [-0.15, -0.1) is 0 Å². The minimum atomic E-state index is -0.471. The van der Waals surface area contributed by atoms with Crippen molar-refractivity contribution in [3.8, 4) is 17.6 Å². The molecule has 0 aliphatic heterocycles. The zero-order valence-corrected chi connectivity index (χ0v) is 16.3. The maximum Gasteiger partial charge on any atom is 0.338 e. The van der Waals surface area contributed by atoms with E-state index in [0.29, 0.717) is 35.8 Å². The van der Waals surface area contributed by atoms with E-state index in [1.165, 1.54) is 7.11 Å². The number of rotatable bonds is 13. The number of nitriles is 1. The Morgan fingerprint density at radius 2 is 1.42 bits per heavy atom. The largest absolute Gasteiger partial charge is 0.492 e. The maximum atomic E-state index is 11.9. The van der Waals surface area contributed by atoms with E-state index < -0.39 is 5.97 Å². The number of carbonyl (C=O) groups excluding carboxylic acids is 1. The molecule has 0 fully saturated rings. The van der Waals surface area contributed by atoms with Crippen molar-refractivity contribution in [2.45, 2.75) is 65.2 Å². The van der Waals surface area contributed by atoms with Gasteiger partial charge in [-0.1, -0.05) is 52.4 Å². The van der Waals surface area contributed by atoms with Crippen molar-refractivity contribution in [2.75, 3.05) is 20.3 Å². The Morgan fingerprint density at radius 3 is 1.81 bits per heavy atom. The lowest BCUT2D eigenvalue weighted by molar-refractivity contribution is 0.0599. The average Bonchev–Trinajstić information content (AvgIpc) is 2.66. The Bertz CT molecular complexity index is 557. The highest BCUT2D eigenvalue weighted by Crippen LogP contribution is 2.31. The van der Waals surface area contributed by atoms with Gasteiger partial charge in [0.05, 0.1) is 25.9 Å². The fraction of sp³-hybridized carbons (Fsp3) is 0.619. The number of unbranched alkanes of at least 4 members (excludes halogenated alkanes) is 6. The van der Waals surface area contributed by atoms with Crippen LogP contribution in [0.4, 0.5) is 0 Å². The molecule has 0 N–H and O–H groups in total.